The zero-order valence-corrected chi connectivity index (χ0v) is 15.6. The van der Waals surface area contributed by atoms with Crippen molar-refractivity contribution in [3.8, 4) is 0 Å². The predicted octanol–water partition coefficient (Wildman–Crippen LogP) is 3.00. The van der Waals surface area contributed by atoms with Crippen molar-refractivity contribution in [2.45, 2.75) is 64.1 Å². The molecule has 0 aliphatic carbocycles. The van der Waals surface area contributed by atoms with Crippen molar-refractivity contribution < 1.29 is 19.3 Å². The van der Waals surface area contributed by atoms with Crippen molar-refractivity contribution in [3.63, 3.8) is 0 Å². The highest BCUT2D eigenvalue weighted by Gasteiger charge is 2.48. The molecule has 1 aromatic carbocycles. The number of unbranched alkanes of at least 4 members (excludes halogenated alkanes) is 1. The van der Waals surface area contributed by atoms with E-state index in [-0.39, 0.29) is 24.4 Å². The minimum Gasteiger partial charge on any atom is -0.394 e. The molecule has 1 aliphatic rings. The molecular weight excluding hydrogens is 318 g/mol. The largest absolute Gasteiger partial charge is 0.394 e. The van der Waals surface area contributed by atoms with E-state index >= 15 is 0 Å². The van der Waals surface area contributed by atoms with Crippen LogP contribution in [0.5, 0.6) is 0 Å². The third-order valence-corrected chi connectivity index (χ3v) is 4.35. The number of benzene rings is 1. The summed E-state index contributed by atoms with van der Waals surface area (Å²) in [6, 6.07) is 10.1. The Morgan fingerprint density at radius 3 is 2.60 bits per heavy atom. The standard InChI is InChI=1S/C20H31NO4/c1-4-5-11-23-18(14-22)17(24-15-19-20(2,3)25-19)13-21-12-16-9-7-6-8-10-16/h6-10,13,17-19,22H,4-5,11-12,14-15H2,1-3H3. The maximum Gasteiger partial charge on any atom is 0.121 e. The first-order chi connectivity index (χ1) is 12.1. The molecule has 1 heterocycles. The lowest BCUT2D eigenvalue weighted by Gasteiger charge is -2.23. The van der Waals surface area contributed by atoms with Gasteiger partial charge in [-0.3, -0.25) is 4.99 Å². The molecule has 0 aromatic heterocycles. The number of aliphatic imine (C=N–C) groups is 1. The summed E-state index contributed by atoms with van der Waals surface area (Å²) in [5.41, 5.74) is 1.01. The molecule has 25 heavy (non-hydrogen) atoms. The van der Waals surface area contributed by atoms with Crippen LogP contribution in [0, 0.1) is 0 Å². The number of epoxide rings is 1. The number of rotatable bonds is 12. The van der Waals surface area contributed by atoms with E-state index in [1.54, 1.807) is 6.21 Å². The molecule has 1 fully saturated rings. The maximum atomic E-state index is 9.70. The van der Waals surface area contributed by atoms with E-state index in [1.165, 1.54) is 0 Å². The first-order valence-electron chi connectivity index (χ1n) is 9.12. The highest BCUT2D eigenvalue weighted by atomic mass is 16.6. The molecule has 0 bridgehead atoms. The second kappa shape index (κ2) is 10.0. The highest BCUT2D eigenvalue weighted by molar-refractivity contribution is 5.64. The number of aliphatic hydroxyl groups is 1. The van der Waals surface area contributed by atoms with Crippen LogP contribution in [0.2, 0.25) is 0 Å². The Balaban J connectivity index is 1.91. The van der Waals surface area contributed by atoms with Crippen LogP contribution in [0.1, 0.15) is 39.2 Å². The number of hydrogen-bond acceptors (Lipinski definition) is 5. The monoisotopic (exact) mass is 349 g/mol. The van der Waals surface area contributed by atoms with Gasteiger partial charge in [0.25, 0.3) is 0 Å². The lowest BCUT2D eigenvalue weighted by atomic mass is 10.1. The zero-order chi connectivity index (χ0) is 18.1. The summed E-state index contributed by atoms with van der Waals surface area (Å²) in [6.45, 7) is 7.77. The van der Waals surface area contributed by atoms with Crippen molar-refractivity contribution in [1.82, 2.24) is 0 Å². The van der Waals surface area contributed by atoms with E-state index in [9.17, 15) is 5.11 Å². The summed E-state index contributed by atoms with van der Waals surface area (Å²) >= 11 is 0. The lowest BCUT2D eigenvalue weighted by molar-refractivity contribution is -0.0669. The Labute approximate surface area is 151 Å². The Bertz CT molecular complexity index is 518. The fourth-order valence-electron chi connectivity index (χ4n) is 2.49. The molecule has 0 amide bonds. The fourth-order valence-corrected chi connectivity index (χ4v) is 2.49. The van der Waals surface area contributed by atoms with Crippen LogP contribution >= 0.6 is 0 Å². The number of aliphatic hydroxyl groups excluding tert-OH is 1. The highest BCUT2D eigenvalue weighted by Crippen LogP contribution is 2.35. The van der Waals surface area contributed by atoms with Crippen molar-refractivity contribution in [3.05, 3.63) is 35.9 Å². The normalized spacial score (nSPS) is 21.4. The topological polar surface area (TPSA) is 63.6 Å². The van der Waals surface area contributed by atoms with E-state index in [0.29, 0.717) is 19.8 Å². The molecule has 2 rings (SSSR count). The summed E-state index contributed by atoms with van der Waals surface area (Å²) in [5, 5.41) is 9.70. The van der Waals surface area contributed by atoms with Gasteiger partial charge in [0.05, 0.1) is 25.4 Å². The number of ether oxygens (including phenoxy) is 3. The van der Waals surface area contributed by atoms with Gasteiger partial charge in [-0.25, -0.2) is 0 Å². The van der Waals surface area contributed by atoms with Gasteiger partial charge in [0.15, 0.2) is 0 Å². The Morgan fingerprint density at radius 1 is 1.28 bits per heavy atom. The lowest BCUT2D eigenvalue weighted by Crippen LogP contribution is -2.37. The molecular formula is C20H31NO4. The number of nitrogens with zero attached hydrogens (tertiary/aromatic N) is 1. The number of hydrogen-bond donors (Lipinski definition) is 1. The van der Waals surface area contributed by atoms with Gasteiger partial charge in [0.1, 0.15) is 18.3 Å². The van der Waals surface area contributed by atoms with Crippen molar-refractivity contribution in [2.24, 2.45) is 4.99 Å². The van der Waals surface area contributed by atoms with Gasteiger partial charge < -0.3 is 19.3 Å². The molecule has 0 spiro atoms. The SMILES string of the molecule is CCCCOC(CO)C(C=NCc1ccccc1)OCC1OC1(C)C. The van der Waals surface area contributed by atoms with Gasteiger partial charge in [0.2, 0.25) is 0 Å². The van der Waals surface area contributed by atoms with E-state index in [0.717, 1.165) is 18.4 Å². The molecule has 1 aliphatic heterocycles. The van der Waals surface area contributed by atoms with Gasteiger partial charge in [-0.05, 0) is 25.8 Å². The van der Waals surface area contributed by atoms with Gasteiger partial charge >= 0.3 is 0 Å². The molecule has 3 atom stereocenters. The van der Waals surface area contributed by atoms with Crippen molar-refractivity contribution >= 4 is 6.21 Å². The maximum absolute atomic E-state index is 9.70. The Kier molecular flexibility index (Phi) is 8.03. The molecule has 0 radical (unpaired) electrons. The van der Waals surface area contributed by atoms with E-state index < -0.39 is 6.10 Å². The van der Waals surface area contributed by atoms with E-state index in [1.807, 2.05) is 44.2 Å². The average molecular weight is 349 g/mol. The first-order valence-corrected chi connectivity index (χ1v) is 9.12. The Hall–Kier alpha value is -1.27. The molecule has 3 unspecified atom stereocenters. The average Bonchev–Trinajstić information content (AvgIpc) is 3.23. The minimum absolute atomic E-state index is 0.0903. The fraction of sp³-hybridized carbons (Fsp3) is 0.650. The smallest absolute Gasteiger partial charge is 0.121 e. The second-order valence-electron chi connectivity index (χ2n) is 6.93. The van der Waals surface area contributed by atoms with Gasteiger partial charge in [-0.1, -0.05) is 43.7 Å². The summed E-state index contributed by atoms with van der Waals surface area (Å²) < 4.78 is 17.3. The minimum atomic E-state index is -0.409. The van der Waals surface area contributed by atoms with Crippen LogP contribution in [0.25, 0.3) is 0 Å². The molecule has 1 aromatic rings. The van der Waals surface area contributed by atoms with Crippen molar-refractivity contribution in [1.29, 1.82) is 0 Å². The van der Waals surface area contributed by atoms with Gasteiger partial charge in [0, 0.05) is 12.8 Å². The third kappa shape index (κ3) is 6.86. The van der Waals surface area contributed by atoms with E-state index in [2.05, 4.69) is 11.9 Å². The molecule has 0 saturated carbocycles. The molecule has 5 heteroatoms. The summed E-state index contributed by atoms with van der Waals surface area (Å²) in [5.74, 6) is 0. The summed E-state index contributed by atoms with van der Waals surface area (Å²) in [4.78, 5) is 4.49. The first kappa shape index (κ1) is 20.0. The van der Waals surface area contributed by atoms with E-state index in [4.69, 9.17) is 14.2 Å². The summed E-state index contributed by atoms with van der Waals surface area (Å²) in [7, 11) is 0. The third-order valence-electron chi connectivity index (χ3n) is 4.35. The van der Waals surface area contributed by atoms with Crippen LogP contribution < -0.4 is 0 Å². The molecule has 1 N–H and O–H groups in total. The zero-order valence-electron chi connectivity index (χ0n) is 15.6. The quantitative estimate of drug-likeness (QED) is 0.358. The molecule has 1 saturated heterocycles. The van der Waals surface area contributed by atoms with Crippen LogP contribution in [0.15, 0.2) is 35.3 Å². The van der Waals surface area contributed by atoms with Gasteiger partial charge in [-0.2, -0.15) is 0 Å². The van der Waals surface area contributed by atoms with Crippen LogP contribution in [-0.2, 0) is 20.8 Å². The van der Waals surface area contributed by atoms with Crippen LogP contribution in [-0.4, -0.2) is 55.1 Å². The van der Waals surface area contributed by atoms with Crippen LogP contribution in [0.3, 0.4) is 0 Å². The second-order valence-corrected chi connectivity index (χ2v) is 6.93. The molecule has 5 nitrogen and oxygen atoms in total. The Morgan fingerprint density at radius 2 is 2.00 bits per heavy atom. The molecule has 140 valence electrons. The van der Waals surface area contributed by atoms with Crippen LogP contribution in [0.4, 0.5) is 0 Å². The summed E-state index contributed by atoms with van der Waals surface area (Å²) in [6.07, 6.45) is 3.07. The predicted molar refractivity (Wildman–Crippen MR) is 99.1 cm³/mol. The van der Waals surface area contributed by atoms with Crippen molar-refractivity contribution in [2.75, 3.05) is 19.8 Å². The van der Waals surface area contributed by atoms with Gasteiger partial charge in [-0.15, -0.1) is 0 Å².